The van der Waals surface area contributed by atoms with Crippen molar-refractivity contribution >= 4 is 11.8 Å². The highest BCUT2D eigenvalue weighted by atomic mass is 19.1. The average Bonchev–Trinajstić information content (AvgIpc) is 2.80. The second-order valence-corrected chi connectivity index (χ2v) is 9.10. The molecule has 34 heavy (non-hydrogen) atoms. The summed E-state index contributed by atoms with van der Waals surface area (Å²) in [5.41, 5.74) is 13.6. The van der Waals surface area contributed by atoms with Crippen molar-refractivity contribution < 1.29 is 18.4 Å². The number of nitrogens with zero attached hydrogens (tertiary/aromatic N) is 2. The maximum absolute atomic E-state index is 13.8. The van der Waals surface area contributed by atoms with Gasteiger partial charge in [0, 0.05) is 31.6 Å². The fourth-order valence-electron chi connectivity index (χ4n) is 4.89. The monoisotopic (exact) mass is 472 g/mol. The summed E-state index contributed by atoms with van der Waals surface area (Å²) in [6, 6.07) is 10.7. The maximum Gasteiger partial charge on any atom is 0.240 e. The van der Waals surface area contributed by atoms with E-state index in [1.165, 1.54) is 24.3 Å². The first kappa shape index (κ1) is 25.8. The Morgan fingerprint density at radius 1 is 1.09 bits per heavy atom. The lowest BCUT2D eigenvalue weighted by Gasteiger charge is -2.45. The largest absolute Gasteiger partial charge is 0.368 e. The zero-order valence-electron chi connectivity index (χ0n) is 19.8. The number of primary amides is 1. The summed E-state index contributed by atoms with van der Waals surface area (Å²) < 4.78 is 27.0. The Morgan fingerprint density at radius 2 is 1.79 bits per heavy atom. The fraction of sp³-hybridized carbons (Fsp3) is 0.462. The molecule has 0 aliphatic carbocycles. The third-order valence-corrected chi connectivity index (χ3v) is 6.64. The normalized spacial score (nSPS) is 19.4. The number of hydrogen-bond donors (Lipinski definition) is 2. The molecule has 0 bridgehead atoms. The summed E-state index contributed by atoms with van der Waals surface area (Å²) in [5.74, 6) is -1.63. The van der Waals surface area contributed by atoms with Crippen LogP contribution >= 0.6 is 0 Å². The fourth-order valence-corrected chi connectivity index (χ4v) is 4.89. The van der Waals surface area contributed by atoms with Gasteiger partial charge in [0.15, 0.2) is 0 Å². The SMILES string of the molecule is CCCC1CN(C(C(N)=O)C(C)c2cccc(F)c2)CCN1C(=O)C(N)Cc1ccc(F)cc1. The number of hydrogen-bond acceptors (Lipinski definition) is 4. The van der Waals surface area contributed by atoms with E-state index in [0.717, 1.165) is 18.4 Å². The van der Waals surface area contributed by atoms with Crippen LogP contribution in [0.15, 0.2) is 48.5 Å². The molecule has 1 heterocycles. The molecule has 1 fully saturated rings. The summed E-state index contributed by atoms with van der Waals surface area (Å²) in [5, 5.41) is 0. The van der Waals surface area contributed by atoms with Crippen molar-refractivity contribution in [3.63, 3.8) is 0 Å². The number of piperazine rings is 1. The summed E-state index contributed by atoms with van der Waals surface area (Å²) in [7, 11) is 0. The molecule has 184 valence electrons. The summed E-state index contributed by atoms with van der Waals surface area (Å²) in [6.07, 6.45) is 1.93. The molecule has 4 N–H and O–H groups in total. The number of rotatable bonds is 9. The Balaban J connectivity index is 1.73. The van der Waals surface area contributed by atoms with Crippen LogP contribution in [0.2, 0.25) is 0 Å². The summed E-state index contributed by atoms with van der Waals surface area (Å²) in [6.45, 7) is 5.27. The van der Waals surface area contributed by atoms with E-state index in [-0.39, 0.29) is 29.5 Å². The van der Waals surface area contributed by atoms with Gasteiger partial charge in [-0.15, -0.1) is 0 Å². The molecule has 8 heteroatoms. The molecule has 2 aromatic carbocycles. The molecule has 1 aliphatic rings. The molecular weight excluding hydrogens is 438 g/mol. The van der Waals surface area contributed by atoms with Crippen molar-refractivity contribution in [1.82, 2.24) is 9.80 Å². The number of benzene rings is 2. The molecule has 0 spiro atoms. The Morgan fingerprint density at radius 3 is 2.41 bits per heavy atom. The van der Waals surface area contributed by atoms with Crippen LogP contribution in [0.3, 0.4) is 0 Å². The van der Waals surface area contributed by atoms with Gasteiger partial charge in [0.25, 0.3) is 0 Å². The quantitative estimate of drug-likeness (QED) is 0.587. The molecule has 0 aromatic heterocycles. The molecule has 0 saturated carbocycles. The van der Waals surface area contributed by atoms with Crippen LogP contribution < -0.4 is 11.5 Å². The number of halogens is 2. The van der Waals surface area contributed by atoms with Crippen LogP contribution in [0, 0.1) is 11.6 Å². The van der Waals surface area contributed by atoms with E-state index in [2.05, 4.69) is 0 Å². The maximum atomic E-state index is 13.8. The van der Waals surface area contributed by atoms with Crippen molar-refractivity contribution in [2.45, 2.75) is 57.2 Å². The first-order chi connectivity index (χ1) is 16.2. The van der Waals surface area contributed by atoms with Crippen LogP contribution in [-0.4, -0.2) is 59.4 Å². The molecule has 6 nitrogen and oxygen atoms in total. The van der Waals surface area contributed by atoms with Gasteiger partial charge in [-0.1, -0.05) is 44.5 Å². The summed E-state index contributed by atoms with van der Waals surface area (Å²) >= 11 is 0. The molecule has 4 atom stereocenters. The molecule has 2 aromatic rings. The smallest absolute Gasteiger partial charge is 0.240 e. The topological polar surface area (TPSA) is 92.7 Å². The first-order valence-corrected chi connectivity index (χ1v) is 11.8. The Hall–Kier alpha value is -2.84. The van der Waals surface area contributed by atoms with Crippen molar-refractivity contribution in [1.29, 1.82) is 0 Å². The minimum absolute atomic E-state index is 0.118. The first-order valence-electron chi connectivity index (χ1n) is 11.8. The lowest BCUT2D eigenvalue weighted by molar-refractivity contribution is -0.139. The predicted octanol–water partition coefficient (Wildman–Crippen LogP) is 2.81. The van der Waals surface area contributed by atoms with Gasteiger partial charge in [-0.25, -0.2) is 8.78 Å². The molecule has 1 saturated heterocycles. The van der Waals surface area contributed by atoms with Crippen LogP contribution in [0.4, 0.5) is 8.78 Å². The van der Waals surface area contributed by atoms with Gasteiger partial charge < -0.3 is 16.4 Å². The minimum Gasteiger partial charge on any atom is -0.368 e. The highest BCUT2D eigenvalue weighted by Crippen LogP contribution is 2.27. The summed E-state index contributed by atoms with van der Waals surface area (Å²) in [4.78, 5) is 29.5. The highest BCUT2D eigenvalue weighted by molar-refractivity contribution is 5.83. The van der Waals surface area contributed by atoms with Gasteiger partial charge in [0.2, 0.25) is 11.8 Å². The van der Waals surface area contributed by atoms with Gasteiger partial charge >= 0.3 is 0 Å². The van der Waals surface area contributed by atoms with E-state index in [1.807, 2.05) is 18.7 Å². The van der Waals surface area contributed by atoms with E-state index >= 15 is 0 Å². The van der Waals surface area contributed by atoms with Crippen LogP contribution in [-0.2, 0) is 16.0 Å². The van der Waals surface area contributed by atoms with Gasteiger partial charge in [-0.05, 0) is 48.2 Å². The van der Waals surface area contributed by atoms with Gasteiger partial charge in [-0.3, -0.25) is 14.5 Å². The second kappa shape index (κ2) is 11.5. The third kappa shape index (κ3) is 6.18. The highest BCUT2D eigenvalue weighted by Gasteiger charge is 2.38. The van der Waals surface area contributed by atoms with Gasteiger partial charge in [0.05, 0.1) is 12.1 Å². The third-order valence-electron chi connectivity index (χ3n) is 6.64. The zero-order valence-corrected chi connectivity index (χ0v) is 19.8. The molecule has 2 amide bonds. The molecule has 3 rings (SSSR count). The number of carbonyl (C=O) groups excluding carboxylic acids is 2. The number of carbonyl (C=O) groups is 2. The van der Waals surface area contributed by atoms with Gasteiger partial charge in [0.1, 0.15) is 11.6 Å². The lowest BCUT2D eigenvalue weighted by atomic mass is 9.90. The van der Waals surface area contributed by atoms with E-state index in [1.54, 1.807) is 29.2 Å². The van der Waals surface area contributed by atoms with Crippen LogP contribution in [0.25, 0.3) is 0 Å². The van der Waals surface area contributed by atoms with Crippen molar-refractivity contribution in [3.8, 4) is 0 Å². The molecular formula is C26H34F2N4O2. The molecule has 4 unspecified atom stereocenters. The average molecular weight is 473 g/mol. The van der Waals surface area contributed by atoms with E-state index in [4.69, 9.17) is 11.5 Å². The van der Waals surface area contributed by atoms with Crippen molar-refractivity contribution in [2.24, 2.45) is 11.5 Å². The van der Waals surface area contributed by atoms with E-state index in [0.29, 0.717) is 31.6 Å². The van der Waals surface area contributed by atoms with E-state index in [9.17, 15) is 18.4 Å². The Bertz CT molecular complexity index is 985. The van der Waals surface area contributed by atoms with E-state index < -0.39 is 18.0 Å². The minimum atomic E-state index is -0.741. The lowest BCUT2D eigenvalue weighted by Crippen LogP contribution is -2.62. The zero-order chi connectivity index (χ0) is 24.8. The number of amides is 2. The Labute approximate surface area is 199 Å². The molecule has 1 aliphatic heterocycles. The number of nitrogens with two attached hydrogens (primary N) is 2. The second-order valence-electron chi connectivity index (χ2n) is 9.10. The Kier molecular flexibility index (Phi) is 8.74. The van der Waals surface area contributed by atoms with Crippen LogP contribution in [0.1, 0.15) is 43.7 Å². The predicted molar refractivity (Wildman–Crippen MR) is 128 cm³/mol. The van der Waals surface area contributed by atoms with Crippen molar-refractivity contribution in [2.75, 3.05) is 19.6 Å². The van der Waals surface area contributed by atoms with Crippen LogP contribution in [0.5, 0.6) is 0 Å². The standard InChI is InChI=1S/C26H34F2N4O2/c1-3-5-22-16-31(24(25(30)33)17(2)19-6-4-7-21(28)15-19)12-13-32(22)26(34)23(29)14-18-8-10-20(27)11-9-18/h4,6-11,15,17,22-24H,3,5,12-14,16,29H2,1-2H3,(H2,30,33). The van der Waals surface area contributed by atoms with Gasteiger partial charge in [-0.2, -0.15) is 0 Å². The molecule has 0 radical (unpaired) electrons. The van der Waals surface area contributed by atoms with Crippen molar-refractivity contribution in [3.05, 3.63) is 71.3 Å².